The van der Waals surface area contributed by atoms with Gasteiger partial charge in [0.05, 0.1) is 0 Å². The summed E-state index contributed by atoms with van der Waals surface area (Å²) in [6.07, 6.45) is -4.42. The Balaban J connectivity index is 2.09. The van der Waals surface area contributed by atoms with Gasteiger partial charge in [-0.15, -0.1) is 13.2 Å². The molecule has 0 bridgehead atoms. The van der Waals surface area contributed by atoms with E-state index in [4.69, 9.17) is 5.11 Å². The molecule has 1 amide bonds. The second kappa shape index (κ2) is 5.86. The van der Waals surface area contributed by atoms with Crippen LogP contribution in [0.5, 0.6) is 5.75 Å². The number of para-hydroxylation sites is 1. The van der Waals surface area contributed by atoms with Gasteiger partial charge in [-0.05, 0) is 24.0 Å². The van der Waals surface area contributed by atoms with Crippen molar-refractivity contribution >= 4 is 11.9 Å². The number of hydrogen-bond donors (Lipinski definition) is 1. The molecule has 22 heavy (non-hydrogen) atoms. The Morgan fingerprint density at radius 2 is 2.00 bits per heavy atom. The Bertz CT molecular complexity index is 588. The summed E-state index contributed by atoms with van der Waals surface area (Å²) >= 11 is 0. The third-order valence-electron chi connectivity index (χ3n) is 3.40. The summed E-state index contributed by atoms with van der Waals surface area (Å²) in [6, 6.07) is 5.67. The van der Waals surface area contributed by atoms with Gasteiger partial charge in [0.25, 0.3) is 0 Å². The first-order chi connectivity index (χ1) is 10.2. The third-order valence-corrected chi connectivity index (χ3v) is 3.40. The quantitative estimate of drug-likeness (QED) is 0.904. The normalized spacial score (nSPS) is 20.4. The zero-order valence-corrected chi connectivity index (χ0v) is 11.6. The van der Waals surface area contributed by atoms with Gasteiger partial charge in [0, 0.05) is 13.0 Å². The number of halogens is 3. The van der Waals surface area contributed by atoms with E-state index in [1.54, 1.807) is 6.07 Å². The number of aliphatic carboxylic acids is 1. The van der Waals surface area contributed by atoms with E-state index in [0.29, 0.717) is 12.0 Å². The lowest BCUT2D eigenvalue weighted by molar-refractivity contribution is -0.274. The van der Waals surface area contributed by atoms with Crippen molar-refractivity contribution in [1.82, 2.24) is 4.90 Å². The molecule has 0 aromatic heterocycles. The number of amides is 1. The minimum absolute atomic E-state index is 0.307. The lowest BCUT2D eigenvalue weighted by Crippen LogP contribution is -2.33. The molecule has 0 saturated heterocycles. The van der Waals surface area contributed by atoms with E-state index in [1.807, 2.05) is 0 Å². The number of ether oxygens (including phenoxy) is 1. The SMILES string of the molecule is CN(CC(=O)O)C(=O)C1CC1c1ccccc1OC(F)(F)F. The fourth-order valence-corrected chi connectivity index (χ4v) is 2.38. The summed E-state index contributed by atoms with van der Waals surface area (Å²) in [7, 11) is 1.35. The lowest BCUT2D eigenvalue weighted by atomic mass is 10.1. The smallest absolute Gasteiger partial charge is 0.480 e. The number of carbonyl (C=O) groups excluding carboxylic acids is 1. The van der Waals surface area contributed by atoms with Crippen LogP contribution in [0.4, 0.5) is 13.2 Å². The predicted octanol–water partition coefficient (Wildman–Crippen LogP) is 2.23. The number of likely N-dealkylation sites (N-methyl/N-ethyl adjacent to an activating group) is 1. The number of alkyl halides is 3. The molecule has 1 N–H and O–H groups in total. The van der Waals surface area contributed by atoms with Crippen LogP contribution in [0.2, 0.25) is 0 Å². The molecular weight excluding hydrogens is 303 g/mol. The molecule has 2 unspecified atom stereocenters. The van der Waals surface area contributed by atoms with Gasteiger partial charge in [-0.2, -0.15) is 0 Å². The molecular formula is C14H14F3NO4. The molecule has 1 aliphatic carbocycles. The molecule has 0 aliphatic heterocycles. The Hall–Kier alpha value is -2.25. The van der Waals surface area contributed by atoms with E-state index in [9.17, 15) is 22.8 Å². The molecule has 2 rings (SSSR count). The van der Waals surface area contributed by atoms with Crippen molar-refractivity contribution < 1.29 is 32.6 Å². The van der Waals surface area contributed by atoms with Gasteiger partial charge < -0.3 is 14.7 Å². The molecule has 5 nitrogen and oxygen atoms in total. The topological polar surface area (TPSA) is 66.8 Å². The van der Waals surface area contributed by atoms with Crippen molar-refractivity contribution in [2.45, 2.75) is 18.7 Å². The highest BCUT2D eigenvalue weighted by Gasteiger charge is 2.47. The zero-order valence-electron chi connectivity index (χ0n) is 11.6. The maximum Gasteiger partial charge on any atom is 0.573 e. The highest BCUT2D eigenvalue weighted by Crippen LogP contribution is 2.51. The molecule has 2 atom stereocenters. The van der Waals surface area contributed by atoms with Crippen molar-refractivity contribution in [3.8, 4) is 5.75 Å². The van der Waals surface area contributed by atoms with Gasteiger partial charge in [0.1, 0.15) is 12.3 Å². The molecule has 0 heterocycles. The summed E-state index contributed by atoms with van der Waals surface area (Å²) in [6.45, 7) is -0.442. The fourth-order valence-electron chi connectivity index (χ4n) is 2.38. The molecule has 0 radical (unpaired) electrons. The van der Waals surface area contributed by atoms with E-state index >= 15 is 0 Å². The molecule has 1 saturated carbocycles. The van der Waals surface area contributed by atoms with Crippen LogP contribution in [0.15, 0.2) is 24.3 Å². The Morgan fingerprint density at radius 3 is 2.59 bits per heavy atom. The molecule has 1 aliphatic rings. The summed E-state index contributed by atoms with van der Waals surface area (Å²) in [4.78, 5) is 23.7. The van der Waals surface area contributed by atoms with E-state index in [2.05, 4.69) is 4.74 Å². The first kappa shape index (κ1) is 16.1. The number of hydrogen-bond acceptors (Lipinski definition) is 3. The van der Waals surface area contributed by atoms with Crippen LogP contribution in [0.25, 0.3) is 0 Å². The van der Waals surface area contributed by atoms with Crippen LogP contribution in [-0.4, -0.2) is 41.8 Å². The maximum absolute atomic E-state index is 12.4. The van der Waals surface area contributed by atoms with Crippen molar-refractivity contribution in [2.75, 3.05) is 13.6 Å². The fraction of sp³-hybridized carbons (Fsp3) is 0.429. The Kier molecular flexibility index (Phi) is 4.30. The van der Waals surface area contributed by atoms with Crippen molar-refractivity contribution in [3.63, 3.8) is 0 Å². The maximum atomic E-state index is 12.4. The second-order valence-electron chi connectivity index (χ2n) is 5.12. The molecule has 1 aromatic rings. The molecule has 1 aromatic carbocycles. The van der Waals surface area contributed by atoms with E-state index in [0.717, 1.165) is 4.90 Å². The third kappa shape index (κ3) is 3.90. The summed E-state index contributed by atoms with van der Waals surface area (Å²) in [5, 5.41) is 8.65. The first-order valence-electron chi connectivity index (χ1n) is 6.50. The van der Waals surface area contributed by atoms with Gasteiger partial charge >= 0.3 is 12.3 Å². The van der Waals surface area contributed by atoms with Crippen molar-refractivity contribution in [3.05, 3.63) is 29.8 Å². The Labute approximate surface area is 124 Å². The van der Waals surface area contributed by atoms with Crippen LogP contribution >= 0.6 is 0 Å². The second-order valence-corrected chi connectivity index (χ2v) is 5.12. The van der Waals surface area contributed by atoms with Gasteiger partial charge in [-0.3, -0.25) is 9.59 Å². The van der Waals surface area contributed by atoms with Gasteiger partial charge in [0.2, 0.25) is 5.91 Å². The van der Waals surface area contributed by atoms with Crippen molar-refractivity contribution in [2.24, 2.45) is 5.92 Å². The van der Waals surface area contributed by atoms with Crippen LogP contribution in [0.1, 0.15) is 17.9 Å². The van der Waals surface area contributed by atoms with E-state index in [1.165, 1.54) is 25.2 Å². The van der Waals surface area contributed by atoms with Crippen LogP contribution in [0.3, 0.4) is 0 Å². The van der Waals surface area contributed by atoms with Gasteiger partial charge in [-0.1, -0.05) is 18.2 Å². The average Bonchev–Trinajstić information content (AvgIpc) is 3.15. The monoisotopic (exact) mass is 317 g/mol. The standard InChI is InChI=1S/C14H14F3NO4/c1-18(7-12(19)20)13(21)10-6-9(10)8-4-2-3-5-11(8)22-14(15,16)17/h2-5,9-10H,6-7H2,1H3,(H,19,20). The van der Waals surface area contributed by atoms with Crippen molar-refractivity contribution in [1.29, 1.82) is 0 Å². The highest BCUT2D eigenvalue weighted by molar-refractivity contribution is 5.86. The lowest BCUT2D eigenvalue weighted by Gasteiger charge is -2.15. The van der Waals surface area contributed by atoms with Gasteiger partial charge in [-0.25, -0.2) is 0 Å². The highest BCUT2D eigenvalue weighted by atomic mass is 19.4. The van der Waals surface area contributed by atoms with E-state index < -0.39 is 30.7 Å². The zero-order chi connectivity index (χ0) is 16.5. The summed E-state index contributed by atoms with van der Waals surface area (Å²) < 4.78 is 41.1. The minimum Gasteiger partial charge on any atom is -0.480 e. The average molecular weight is 317 g/mol. The molecule has 1 fully saturated rings. The largest absolute Gasteiger partial charge is 0.573 e. The first-order valence-corrected chi connectivity index (χ1v) is 6.50. The van der Waals surface area contributed by atoms with Crippen LogP contribution in [0, 0.1) is 5.92 Å². The number of benzene rings is 1. The summed E-state index contributed by atoms with van der Waals surface area (Å²) in [5.41, 5.74) is 0.307. The number of carboxylic acids is 1. The number of nitrogens with zero attached hydrogens (tertiary/aromatic N) is 1. The molecule has 0 spiro atoms. The summed E-state index contributed by atoms with van der Waals surface area (Å²) in [5.74, 6) is -2.76. The predicted molar refractivity (Wildman–Crippen MR) is 69.2 cm³/mol. The minimum atomic E-state index is -4.80. The van der Waals surface area contributed by atoms with Crippen LogP contribution in [-0.2, 0) is 9.59 Å². The van der Waals surface area contributed by atoms with Crippen LogP contribution < -0.4 is 4.74 Å². The Morgan fingerprint density at radius 1 is 1.36 bits per heavy atom. The number of carboxylic acid groups (broad SMARTS) is 1. The number of rotatable bonds is 5. The number of carbonyl (C=O) groups is 2. The molecule has 8 heteroatoms. The van der Waals surface area contributed by atoms with E-state index in [-0.39, 0.29) is 11.7 Å². The molecule has 120 valence electrons. The van der Waals surface area contributed by atoms with Gasteiger partial charge in [0.15, 0.2) is 0 Å².